The van der Waals surface area contributed by atoms with E-state index in [1.165, 1.54) is 12.3 Å². The monoisotopic (exact) mass is 499 g/mol. The van der Waals surface area contributed by atoms with Crippen LogP contribution in [0.25, 0.3) is 11.0 Å². The molecule has 0 unspecified atom stereocenters. The molecule has 0 radical (unpaired) electrons. The summed E-state index contributed by atoms with van der Waals surface area (Å²) < 4.78 is 10.7. The average molecular weight is 500 g/mol. The summed E-state index contributed by atoms with van der Waals surface area (Å²) in [5, 5.41) is 0.845. The fourth-order valence-electron chi connectivity index (χ4n) is 4.69. The smallest absolute Gasteiger partial charge is 0.336 e. The lowest BCUT2D eigenvalue weighted by Gasteiger charge is -2.34. The zero-order valence-corrected chi connectivity index (χ0v) is 20.8. The van der Waals surface area contributed by atoms with Gasteiger partial charge < -0.3 is 18.6 Å². The fourth-order valence-corrected chi connectivity index (χ4v) is 4.69. The van der Waals surface area contributed by atoms with Crippen molar-refractivity contribution in [3.8, 4) is 0 Å². The van der Waals surface area contributed by atoms with E-state index in [1.807, 2.05) is 49.4 Å². The van der Waals surface area contributed by atoms with Crippen molar-refractivity contribution in [2.45, 2.75) is 19.9 Å². The Morgan fingerprint density at radius 2 is 1.73 bits per heavy atom. The molecule has 1 fully saturated rings. The van der Waals surface area contributed by atoms with Gasteiger partial charge in [0.2, 0.25) is 5.91 Å². The molecule has 0 aliphatic carbocycles. The van der Waals surface area contributed by atoms with Gasteiger partial charge in [-0.1, -0.05) is 30.3 Å². The van der Waals surface area contributed by atoms with Crippen molar-refractivity contribution in [3.63, 3.8) is 0 Å². The van der Waals surface area contributed by atoms with E-state index in [4.69, 9.17) is 8.83 Å². The third-order valence-corrected chi connectivity index (χ3v) is 6.76. The first-order chi connectivity index (χ1) is 18.0. The summed E-state index contributed by atoms with van der Waals surface area (Å²) in [6, 6.07) is 20.2. The van der Waals surface area contributed by atoms with Crippen LogP contribution in [-0.2, 0) is 11.3 Å². The normalized spacial score (nSPS) is 14.1. The minimum Gasteiger partial charge on any atom is -0.459 e. The lowest BCUT2D eigenvalue weighted by molar-refractivity contribution is -0.119. The van der Waals surface area contributed by atoms with Crippen LogP contribution in [-0.4, -0.2) is 54.3 Å². The Labute approximate surface area is 214 Å². The Hall–Kier alpha value is -4.17. The van der Waals surface area contributed by atoms with E-state index in [0.29, 0.717) is 62.7 Å². The molecular weight excluding hydrogens is 470 g/mol. The molecule has 190 valence electrons. The standard InChI is InChI=1S/C29H29N3O5/c1-21-18-28(34)37-26-19-23(9-10-24(21)26)32(20-22-6-3-2-4-7-22)27(33)11-12-30-13-15-31(16-14-30)29(35)25-8-5-17-36-25/h2-10,17-19H,11-16,20H2,1H3. The van der Waals surface area contributed by atoms with E-state index < -0.39 is 5.63 Å². The van der Waals surface area contributed by atoms with Crippen molar-refractivity contribution < 1.29 is 18.4 Å². The molecule has 3 heterocycles. The minimum atomic E-state index is -0.409. The zero-order chi connectivity index (χ0) is 25.8. The highest BCUT2D eigenvalue weighted by atomic mass is 16.4. The molecule has 0 spiro atoms. The van der Waals surface area contributed by atoms with Gasteiger partial charge in [0.05, 0.1) is 12.8 Å². The molecule has 1 aliphatic heterocycles. The van der Waals surface area contributed by atoms with Crippen LogP contribution in [0.5, 0.6) is 0 Å². The molecule has 4 aromatic rings. The molecule has 0 atom stereocenters. The van der Waals surface area contributed by atoms with E-state index in [0.717, 1.165) is 16.5 Å². The molecule has 0 bridgehead atoms. The highest BCUT2D eigenvalue weighted by molar-refractivity contribution is 5.96. The molecule has 8 nitrogen and oxygen atoms in total. The predicted molar refractivity (Wildman–Crippen MR) is 141 cm³/mol. The van der Waals surface area contributed by atoms with Crippen LogP contribution in [0.3, 0.4) is 0 Å². The topological polar surface area (TPSA) is 87.2 Å². The van der Waals surface area contributed by atoms with Gasteiger partial charge in [-0.15, -0.1) is 0 Å². The van der Waals surface area contributed by atoms with Gasteiger partial charge in [0, 0.05) is 62.4 Å². The first kappa shape index (κ1) is 24.5. The van der Waals surface area contributed by atoms with E-state index >= 15 is 0 Å². The summed E-state index contributed by atoms with van der Waals surface area (Å²) in [6.07, 6.45) is 1.83. The molecule has 0 N–H and O–H groups in total. The van der Waals surface area contributed by atoms with Crippen LogP contribution in [0.4, 0.5) is 5.69 Å². The van der Waals surface area contributed by atoms with Gasteiger partial charge in [-0.3, -0.25) is 14.5 Å². The Bertz CT molecular complexity index is 1440. The van der Waals surface area contributed by atoms with E-state index in [2.05, 4.69) is 4.90 Å². The van der Waals surface area contributed by atoms with Crippen molar-refractivity contribution in [3.05, 3.63) is 100 Å². The summed E-state index contributed by atoms with van der Waals surface area (Å²) >= 11 is 0. The molecule has 5 rings (SSSR count). The SMILES string of the molecule is Cc1cc(=O)oc2cc(N(Cc3ccccc3)C(=O)CCN3CCN(C(=O)c4ccco4)CC3)ccc12. The van der Waals surface area contributed by atoms with Gasteiger partial charge in [0.25, 0.3) is 5.91 Å². The molecule has 2 amide bonds. The van der Waals surface area contributed by atoms with Crippen LogP contribution in [0, 0.1) is 6.92 Å². The lowest BCUT2D eigenvalue weighted by atomic mass is 10.1. The number of furan rings is 1. The maximum Gasteiger partial charge on any atom is 0.336 e. The first-order valence-electron chi connectivity index (χ1n) is 12.4. The second kappa shape index (κ2) is 10.8. The molecule has 37 heavy (non-hydrogen) atoms. The Balaban J connectivity index is 1.28. The summed E-state index contributed by atoms with van der Waals surface area (Å²) in [5.41, 5.74) is 2.58. The minimum absolute atomic E-state index is 0.0210. The number of carbonyl (C=O) groups excluding carboxylic acids is 2. The number of hydrogen-bond acceptors (Lipinski definition) is 6. The van der Waals surface area contributed by atoms with E-state index in [-0.39, 0.29) is 11.8 Å². The Kier molecular flexibility index (Phi) is 7.18. The van der Waals surface area contributed by atoms with Gasteiger partial charge in [-0.25, -0.2) is 4.79 Å². The average Bonchev–Trinajstić information content (AvgIpc) is 3.45. The third kappa shape index (κ3) is 5.65. The quantitative estimate of drug-likeness (QED) is 0.356. The molecule has 1 aliphatic rings. The van der Waals surface area contributed by atoms with Crippen molar-refractivity contribution in [2.24, 2.45) is 0 Å². The molecule has 1 saturated heterocycles. The van der Waals surface area contributed by atoms with Crippen LogP contribution >= 0.6 is 0 Å². The van der Waals surface area contributed by atoms with Crippen molar-refractivity contribution in [1.82, 2.24) is 9.80 Å². The number of anilines is 1. The highest BCUT2D eigenvalue weighted by Gasteiger charge is 2.25. The van der Waals surface area contributed by atoms with Crippen LogP contribution in [0.2, 0.25) is 0 Å². The number of hydrogen-bond donors (Lipinski definition) is 0. The number of amides is 2. The molecule has 2 aromatic carbocycles. The van der Waals surface area contributed by atoms with Gasteiger partial charge >= 0.3 is 5.63 Å². The highest BCUT2D eigenvalue weighted by Crippen LogP contribution is 2.25. The number of fused-ring (bicyclic) bond motifs is 1. The zero-order valence-electron chi connectivity index (χ0n) is 20.8. The number of nitrogens with zero attached hydrogens (tertiary/aromatic N) is 3. The number of carbonyl (C=O) groups is 2. The van der Waals surface area contributed by atoms with E-state index in [1.54, 1.807) is 28.0 Å². The summed E-state index contributed by atoms with van der Waals surface area (Å²) in [7, 11) is 0. The van der Waals surface area contributed by atoms with Crippen LogP contribution in [0.1, 0.15) is 28.1 Å². The summed E-state index contributed by atoms with van der Waals surface area (Å²) in [6.45, 7) is 5.43. The maximum absolute atomic E-state index is 13.5. The largest absolute Gasteiger partial charge is 0.459 e. The predicted octanol–water partition coefficient (Wildman–Crippen LogP) is 4.08. The second-order valence-electron chi connectivity index (χ2n) is 9.26. The first-order valence-corrected chi connectivity index (χ1v) is 12.4. The molecule has 0 saturated carbocycles. The molecule has 8 heteroatoms. The van der Waals surface area contributed by atoms with Gasteiger partial charge in [-0.05, 0) is 42.3 Å². The van der Waals surface area contributed by atoms with Crippen LogP contribution in [0.15, 0.2) is 86.6 Å². The Morgan fingerprint density at radius 3 is 2.46 bits per heavy atom. The van der Waals surface area contributed by atoms with Crippen LogP contribution < -0.4 is 10.5 Å². The van der Waals surface area contributed by atoms with Crippen molar-refractivity contribution >= 4 is 28.5 Å². The number of piperazine rings is 1. The number of benzene rings is 2. The summed E-state index contributed by atoms with van der Waals surface area (Å²) in [5.74, 6) is 0.224. The second-order valence-corrected chi connectivity index (χ2v) is 9.26. The molecule has 2 aromatic heterocycles. The maximum atomic E-state index is 13.5. The number of rotatable bonds is 7. The summed E-state index contributed by atoms with van der Waals surface area (Å²) in [4.78, 5) is 43.7. The number of aryl methyl sites for hydroxylation is 1. The fraction of sp³-hybridized carbons (Fsp3) is 0.276. The lowest BCUT2D eigenvalue weighted by Crippen LogP contribution is -2.49. The third-order valence-electron chi connectivity index (χ3n) is 6.76. The van der Waals surface area contributed by atoms with Gasteiger partial charge in [-0.2, -0.15) is 0 Å². The van der Waals surface area contributed by atoms with Crippen molar-refractivity contribution in [1.29, 1.82) is 0 Å². The van der Waals surface area contributed by atoms with E-state index in [9.17, 15) is 14.4 Å². The van der Waals surface area contributed by atoms with Gasteiger partial charge in [0.1, 0.15) is 5.58 Å². The Morgan fingerprint density at radius 1 is 0.946 bits per heavy atom. The van der Waals surface area contributed by atoms with Gasteiger partial charge in [0.15, 0.2) is 5.76 Å². The molecular formula is C29H29N3O5. The van der Waals surface area contributed by atoms with Crippen molar-refractivity contribution in [2.75, 3.05) is 37.6 Å².